The van der Waals surface area contributed by atoms with Crippen LogP contribution in [0, 0.1) is 0 Å². The SMILES string of the molecule is CC(CC[C@](C)(O)NC(=O)O)NC(=O)O. The molecule has 0 aromatic carbocycles. The molecule has 15 heavy (non-hydrogen) atoms. The molecule has 0 radical (unpaired) electrons. The van der Waals surface area contributed by atoms with E-state index in [-0.39, 0.29) is 12.5 Å². The van der Waals surface area contributed by atoms with Crippen molar-refractivity contribution in [2.75, 3.05) is 0 Å². The van der Waals surface area contributed by atoms with Crippen LogP contribution in [0.1, 0.15) is 26.7 Å². The molecule has 0 rings (SSSR count). The predicted octanol–water partition coefficient (Wildman–Crippen LogP) is 0.399. The van der Waals surface area contributed by atoms with Crippen molar-refractivity contribution in [3.63, 3.8) is 0 Å². The van der Waals surface area contributed by atoms with Crippen LogP contribution in [0.25, 0.3) is 0 Å². The summed E-state index contributed by atoms with van der Waals surface area (Å²) in [6.45, 7) is 2.94. The van der Waals surface area contributed by atoms with Gasteiger partial charge in [0.15, 0.2) is 0 Å². The quantitative estimate of drug-likeness (QED) is 0.430. The van der Waals surface area contributed by atoms with Crippen LogP contribution in [0.4, 0.5) is 9.59 Å². The summed E-state index contributed by atoms with van der Waals surface area (Å²) >= 11 is 0. The van der Waals surface area contributed by atoms with Crippen molar-refractivity contribution in [1.29, 1.82) is 0 Å². The first kappa shape index (κ1) is 13.5. The van der Waals surface area contributed by atoms with Gasteiger partial charge in [0.05, 0.1) is 0 Å². The molecule has 5 N–H and O–H groups in total. The fourth-order valence-electron chi connectivity index (χ4n) is 1.07. The van der Waals surface area contributed by atoms with E-state index in [2.05, 4.69) is 5.32 Å². The Morgan fingerprint density at radius 1 is 1.33 bits per heavy atom. The van der Waals surface area contributed by atoms with E-state index in [1.54, 1.807) is 6.92 Å². The van der Waals surface area contributed by atoms with Crippen LogP contribution in [0.2, 0.25) is 0 Å². The van der Waals surface area contributed by atoms with E-state index < -0.39 is 17.9 Å². The number of aliphatic hydroxyl groups is 1. The maximum atomic E-state index is 10.3. The standard InChI is InChI=1S/C8H16N2O5/c1-5(9-6(11)12)3-4-8(2,15)10-7(13)14/h5,9-10,15H,3-4H2,1-2H3,(H,11,12)(H,13,14)/t5?,8-/m0/s1. The molecule has 0 aliphatic carbocycles. The topological polar surface area (TPSA) is 119 Å². The fourth-order valence-corrected chi connectivity index (χ4v) is 1.07. The number of amides is 2. The lowest BCUT2D eigenvalue weighted by Crippen LogP contribution is -2.46. The first-order valence-corrected chi connectivity index (χ1v) is 4.46. The summed E-state index contributed by atoms with van der Waals surface area (Å²) in [5.41, 5.74) is -1.54. The van der Waals surface area contributed by atoms with Crippen LogP contribution in [0.5, 0.6) is 0 Å². The molecular weight excluding hydrogens is 204 g/mol. The molecule has 0 aliphatic heterocycles. The largest absolute Gasteiger partial charge is 0.465 e. The van der Waals surface area contributed by atoms with Gasteiger partial charge in [0.25, 0.3) is 0 Å². The molecule has 0 bridgehead atoms. The minimum atomic E-state index is -1.54. The van der Waals surface area contributed by atoms with Crippen molar-refractivity contribution in [3.05, 3.63) is 0 Å². The van der Waals surface area contributed by atoms with Crippen LogP contribution in [0.15, 0.2) is 0 Å². The molecule has 1 unspecified atom stereocenters. The van der Waals surface area contributed by atoms with Gasteiger partial charge in [0, 0.05) is 6.04 Å². The molecule has 7 heteroatoms. The van der Waals surface area contributed by atoms with E-state index in [4.69, 9.17) is 10.2 Å². The van der Waals surface area contributed by atoms with Crippen molar-refractivity contribution in [2.45, 2.75) is 38.5 Å². The average Bonchev–Trinajstić information content (AvgIpc) is 1.97. The number of carbonyl (C=O) groups is 2. The molecule has 88 valence electrons. The lowest BCUT2D eigenvalue weighted by molar-refractivity contribution is 0.0155. The first-order valence-electron chi connectivity index (χ1n) is 4.46. The molecule has 0 spiro atoms. The highest BCUT2D eigenvalue weighted by atomic mass is 16.4. The van der Waals surface area contributed by atoms with E-state index in [1.165, 1.54) is 6.92 Å². The Kier molecular flexibility index (Phi) is 4.86. The lowest BCUT2D eigenvalue weighted by Gasteiger charge is -2.24. The molecule has 0 fully saturated rings. The van der Waals surface area contributed by atoms with Gasteiger partial charge in [-0.15, -0.1) is 0 Å². The Balaban J connectivity index is 3.92. The molecule has 7 nitrogen and oxygen atoms in total. The third-order valence-electron chi connectivity index (χ3n) is 1.81. The normalized spacial score (nSPS) is 16.2. The van der Waals surface area contributed by atoms with Crippen molar-refractivity contribution in [3.8, 4) is 0 Å². The number of nitrogens with one attached hydrogen (secondary N) is 2. The number of carboxylic acid groups (broad SMARTS) is 2. The van der Waals surface area contributed by atoms with Crippen LogP contribution in [-0.4, -0.2) is 39.3 Å². The molecular formula is C8H16N2O5. The van der Waals surface area contributed by atoms with Gasteiger partial charge < -0.3 is 20.6 Å². The summed E-state index contributed by atoms with van der Waals surface area (Å²) in [5.74, 6) is 0. The fraction of sp³-hybridized carbons (Fsp3) is 0.750. The summed E-state index contributed by atoms with van der Waals surface area (Å²) in [7, 11) is 0. The molecule has 0 saturated carbocycles. The van der Waals surface area contributed by atoms with Gasteiger partial charge in [-0.05, 0) is 26.7 Å². The van der Waals surface area contributed by atoms with Crippen LogP contribution < -0.4 is 10.6 Å². The van der Waals surface area contributed by atoms with Gasteiger partial charge in [-0.25, -0.2) is 9.59 Å². The maximum Gasteiger partial charge on any atom is 0.406 e. The van der Waals surface area contributed by atoms with Gasteiger partial charge in [-0.1, -0.05) is 0 Å². The Morgan fingerprint density at radius 2 is 1.87 bits per heavy atom. The molecule has 0 heterocycles. The Bertz CT molecular complexity index is 241. The second kappa shape index (κ2) is 5.40. The smallest absolute Gasteiger partial charge is 0.406 e. The number of rotatable bonds is 5. The third kappa shape index (κ3) is 7.56. The van der Waals surface area contributed by atoms with Crippen LogP contribution in [-0.2, 0) is 0 Å². The van der Waals surface area contributed by atoms with Crippen LogP contribution >= 0.6 is 0 Å². The average molecular weight is 220 g/mol. The second-order valence-corrected chi connectivity index (χ2v) is 3.59. The molecule has 0 saturated heterocycles. The Labute approximate surface area is 87.1 Å². The lowest BCUT2D eigenvalue weighted by atomic mass is 10.1. The van der Waals surface area contributed by atoms with E-state index in [9.17, 15) is 14.7 Å². The highest BCUT2D eigenvalue weighted by molar-refractivity contribution is 5.65. The first-order chi connectivity index (χ1) is 6.73. The summed E-state index contributed by atoms with van der Waals surface area (Å²) in [4.78, 5) is 20.5. The minimum absolute atomic E-state index is 0.126. The van der Waals surface area contributed by atoms with Gasteiger partial charge in [-0.3, -0.25) is 5.32 Å². The zero-order valence-corrected chi connectivity index (χ0v) is 8.65. The van der Waals surface area contributed by atoms with Gasteiger partial charge >= 0.3 is 12.2 Å². The summed E-state index contributed by atoms with van der Waals surface area (Å²) < 4.78 is 0. The minimum Gasteiger partial charge on any atom is -0.465 e. The summed E-state index contributed by atoms with van der Waals surface area (Å²) in [6, 6.07) is -0.343. The van der Waals surface area contributed by atoms with E-state index in [0.29, 0.717) is 6.42 Å². The Hall–Kier alpha value is -1.50. The number of hydrogen-bond acceptors (Lipinski definition) is 3. The second-order valence-electron chi connectivity index (χ2n) is 3.59. The van der Waals surface area contributed by atoms with E-state index >= 15 is 0 Å². The van der Waals surface area contributed by atoms with Crippen LogP contribution in [0.3, 0.4) is 0 Å². The van der Waals surface area contributed by atoms with Crippen molar-refractivity contribution >= 4 is 12.2 Å². The van der Waals surface area contributed by atoms with Crippen molar-refractivity contribution < 1.29 is 24.9 Å². The monoisotopic (exact) mass is 220 g/mol. The molecule has 2 amide bonds. The Morgan fingerprint density at radius 3 is 2.27 bits per heavy atom. The third-order valence-corrected chi connectivity index (χ3v) is 1.81. The van der Waals surface area contributed by atoms with E-state index in [0.717, 1.165) is 0 Å². The highest BCUT2D eigenvalue weighted by Gasteiger charge is 2.23. The number of hydrogen-bond donors (Lipinski definition) is 5. The summed E-state index contributed by atoms with van der Waals surface area (Å²) in [6.07, 6.45) is -2.01. The molecule has 0 aromatic rings. The van der Waals surface area contributed by atoms with Crippen molar-refractivity contribution in [2.24, 2.45) is 0 Å². The zero-order valence-electron chi connectivity index (χ0n) is 8.65. The van der Waals surface area contributed by atoms with Gasteiger partial charge in [-0.2, -0.15) is 0 Å². The summed E-state index contributed by atoms with van der Waals surface area (Å²) in [5, 5.41) is 30.4. The van der Waals surface area contributed by atoms with Gasteiger partial charge in [0.1, 0.15) is 5.72 Å². The molecule has 2 atom stereocenters. The van der Waals surface area contributed by atoms with Crippen molar-refractivity contribution in [1.82, 2.24) is 10.6 Å². The van der Waals surface area contributed by atoms with E-state index in [1.807, 2.05) is 5.32 Å². The molecule has 0 aromatic heterocycles. The predicted molar refractivity (Wildman–Crippen MR) is 51.6 cm³/mol. The zero-order chi connectivity index (χ0) is 12.1. The maximum absolute atomic E-state index is 10.3. The molecule has 0 aliphatic rings. The highest BCUT2D eigenvalue weighted by Crippen LogP contribution is 2.10. The van der Waals surface area contributed by atoms with Gasteiger partial charge in [0.2, 0.25) is 0 Å².